The summed E-state index contributed by atoms with van der Waals surface area (Å²) in [6, 6.07) is 6.93. The summed E-state index contributed by atoms with van der Waals surface area (Å²) in [5.74, 6) is 0.667. The average Bonchev–Trinajstić information content (AvgIpc) is 2.69. The third-order valence-electron chi connectivity index (χ3n) is 3.28. The van der Waals surface area contributed by atoms with Gasteiger partial charge >= 0.3 is 0 Å². The van der Waals surface area contributed by atoms with Crippen LogP contribution in [0.2, 0.25) is 5.15 Å². The van der Waals surface area contributed by atoms with Crippen molar-refractivity contribution in [3.8, 4) is 17.1 Å². The highest BCUT2D eigenvalue weighted by molar-refractivity contribution is 6.30. The second-order valence-electron chi connectivity index (χ2n) is 4.43. The first-order chi connectivity index (χ1) is 8.68. The normalized spacial score (nSPS) is 18.7. The molecule has 0 aliphatic carbocycles. The molecule has 2 heterocycles. The number of aliphatic hydroxyl groups excluding tert-OH is 1. The summed E-state index contributed by atoms with van der Waals surface area (Å²) in [6.45, 7) is 0. The van der Waals surface area contributed by atoms with Crippen molar-refractivity contribution >= 4 is 11.6 Å². The van der Waals surface area contributed by atoms with E-state index in [4.69, 9.17) is 11.6 Å². The van der Waals surface area contributed by atoms with Crippen molar-refractivity contribution in [2.24, 2.45) is 0 Å². The maximum atomic E-state index is 10.1. The number of aromatic hydroxyl groups is 1. The number of halogens is 1. The zero-order valence-corrected chi connectivity index (χ0v) is 10.4. The largest absolute Gasteiger partial charge is 0.507 e. The molecule has 0 amide bonds. The molecule has 1 unspecified atom stereocenters. The van der Waals surface area contributed by atoms with Gasteiger partial charge in [-0.3, -0.25) is 4.57 Å². The lowest BCUT2D eigenvalue weighted by molar-refractivity contribution is 0.0806. The Kier molecular flexibility index (Phi) is 2.76. The molecule has 1 aromatic carbocycles. The van der Waals surface area contributed by atoms with Gasteiger partial charge < -0.3 is 10.2 Å². The smallest absolute Gasteiger partial charge is 0.151 e. The van der Waals surface area contributed by atoms with E-state index in [0.29, 0.717) is 23.0 Å². The molecule has 1 aromatic heterocycles. The number of benzene rings is 1. The predicted octanol–water partition coefficient (Wildman–Crippen LogP) is 2.74. The van der Waals surface area contributed by atoms with Crippen molar-refractivity contribution in [2.75, 3.05) is 0 Å². The molecule has 0 saturated heterocycles. The summed E-state index contributed by atoms with van der Waals surface area (Å²) in [7, 11) is 0. The summed E-state index contributed by atoms with van der Waals surface area (Å²) in [6.07, 6.45) is 1.76. The fourth-order valence-electron chi connectivity index (χ4n) is 2.42. The van der Waals surface area contributed by atoms with Crippen LogP contribution in [0, 0.1) is 0 Å². The fraction of sp³-hybridized carbons (Fsp3) is 0.308. The quantitative estimate of drug-likeness (QED) is 0.833. The molecule has 94 valence electrons. The number of fused-ring (bicyclic) bond motifs is 1. The first-order valence-electron chi connectivity index (χ1n) is 5.91. The summed E-state index contributed by atoms with van der Waals surface area (Å²) in [5.41, 5.74) is 1.43. The molecule has 5 heteroatoms. The molecule has 18 heavy (non-hydrogen) atoms. The van der Waals surface area contributed by atoms with Gasteiger partial charge in [0.15, 0.2) is 5.15 Å². The molecule has 3 rings (SSSR count). The van der Waals surface area contributed by atoms with E-state index in [1.54, 1.807) is 22.8 Å². The van der Waals surface area contributed by atoms with Gasteiger partial charge in [0.05, 0.1) is 11.3 Å². The predicted molar refractivity (Wildman–Crippen MR) is 68.5 cm³/mol. The highest BCUT2D eigenvalue weighted by Gasteiger charge is 2.26. The van der Waals surface area contributed by atoms with Crippen LogP contribution in [0.25, 0.3) is 11.4 Å². The maximum Gasteiger partial charge on any atom is 0.151 e. The number of rotatable bonds is 1. The molecule has 0 bridgehead atoms. The number of hydrogen-bond acceptors (Lipinski definition) is 3. The topological polar surface area (TPSA) is 58.3 Å². The number of aromatic nitrogens is 2. The molecular weight excluding hydrogens is 252 g/mol. The van der Waals surface area contributed by atoms with E-state index >= 15 is 0 Å². The monoisotopic (exact) mass is 264 g/mol. The van der Waals surface area contributed by atoms with Gasteiger partial charge in [-0.25, -0.2) is 4.98 Å². The minimum atomic E-state index is -0.622. The Morgan fingerprint density at radius 3 is 2.89 bits per heavy atom. The molecule has 1 aliphatic heterocycles. The van der Waals surface area contributed by atoms with Gasteiger partial charge in [-0.05, 0) is 31.4 Å². The summed E-state index contributed by atoms with van der Waals surface area (Å²) in [5, 5.41) is 20.4. The third-order valence-corrected chi connectivity index (χ3v) is 3.58. The van der Waals surface area contributed by atoms with Crippen molar-refractivity contribution in [3.05, 3.63) is 35.1 Å². The van der Waals surface area contributed by atoms with Crippen molar-refractivity contribution in [1.82, 2.24) is 9.55 Å². The van der Waals surface area contributed by atoms with E-state index in [1.807, 2.05) is 6.07 Å². The number of phenolic OH excluding ortho intramolecular Hbond substituents is 1. The molecule has 0 fully saturated rings. The van der Waals surface area contributed by atoms with Gasteiger partial charge in [-0.15, -0.1) is 0 Å². The fourth-order valence-corrected chi connectivity index (χ4v) is 2.68. The lowest BCUT2D eigenvalue weighted by atomic mass is 10.1. The summed E-state index contributed by atoms with van der Waals surface area (Å²) in [4.78, 5) is 4.28. The Balaban J connectivity index is 2.22. The number of imidazole rings is 1. The van der Waals surface area contributed by atoms with Crippen LogP contribution in [0.1, 0.15) is 24.8 Å². The lowest BCUT2D eigenvalue weighted by Gasteiger charge is -2.23. The molecule has 1 atom stereocenters. The van der Waals surface area contributed by atoms with E-state index in [1.165, 1.54) is 0 Å². The molecule has 0 spiro atoms. The van der Waals surface area contributed by atoms with Crippen LogP contribution < -0.4 is 0 Å². The van der Waals surface area contributed by atoms with Crippen LogP contribution in [0.4, 0.5) is 0 Å². The van der Waals surface area contributed by atoms with E-state index in [2.05, 4.69) is 4.98 Å². The first kappa shape index (κ1) is 11.6. The first-order valence-corrected chi connectivity index (χ1v) is 6.29. The van der Waals surface area contributed by atoms with Crippen LogP contribution in [0.5, 0.6) is 5.75 Å². The van der Waals surface area contributed by atoms with E-state index < -0.39 is 6.23 Å². The Bertz CT molecular complexity index is 595. The van der Waals surface area contributed by atoms with Gasteiger partial charge in [0.1, 0.15) is 17.8 Å². The zero-order chi connectivity index (χ0) is 12.7. The van der Waals surface area contributed by atoms with E-state index in [9.17, 15) is 10.2 Å². The molecule has 0 radical (unpaired) electrons. The molecule has 4 nitrogen and oxygen atoms in total. The standard InChI is InChI=1S/C13H13ClN2O2/c14-12-9-5-3-7-11(18)16(9)13(15-12)8-4-1-2-6-10(8)17/h1-2,4,6,11,17-18H,3,5,7H2. The van der Waals surface area contributed by atoms with Gasteiger partial charge in [0.2, 0.25) is 0 Å². The van der Waals surface area contributed by atoms with Crippen molar-refractivity contribution in [1.29, 1.82) is 0 Å². The van der Waals surface area contributed by atoms with Crippen LogP contribution in [0.15, 0.2) is 24.3 Å². The van der Waals surface area contributed by atoms with Crippen LogP contribution in [0.3, 0.4) is 0 Å². The maximum absolute atomic E-state index is 10.1. The van der Waals surface area contributed by atoms with Gasteiger partial charge in [0.25, 0.3) is 0 Å². The molecule has 2 aromatic rings. The number of aliphatic hydroxyl groups is 1. The van der Waals surface area contributed by atoms with Gasteiger partial charge in [-0.2, -0.15) is 0 Å². The SMILES string of the molecule is Oc1ccccc1-c1nc(Cl)c2n1C(O)CCC2. The Labute approximate surface area is 109 Å². The number of hydrogen-bond donors (Lipinski definition) is 2. The van der Waals surface area contributed by atoms with E-state index in [0.717, 1.165) is 18.5 Å². The number of para-hydroxylation sites is 1. The highest BCUT2D eigenvalue weighted by atomic mass is 35.5. The summed E-state index contributed by atoms with van der Waals surface area (Å²) < 4.78 is 1.72. The molecule has 1 aliphatic rings. The van der Waals surface area contributed by atoms with E-state index in [-0.39, 0.29) is 5.75 Å². The van der Waals surface area contributed by atoms with Crippen LogP contribution >= 0.6 is 11.6 Å². The van der Waals surface area contributed by atoms with Gasteiger partial charge in [0, 0.05) is 0 Å². The van der Waals surface area contributed by atoms with Crippen molar-refractivity contribution < 1.29 is 10.2 Å². The molecular formula is C13H13ClN2O2. The third kappa shape index (κ3) is 1.69. The average molecular weight is 265 g/mol. The lowest BCUT2D eigenvalue weighted by Crippen LogP contribution is -2.17. The summed E-state index contributed by atoms with van der Waals surface area (Å²) >= 11 is 6.11. The second kappa shape index (κ2) is 4.30. The van der Waals surface area contributed by atoms with Crippen LogP contribution in [-0.4, -0.2) is 19.8 Å². The highest BCUT2D eigenvalue weighted by Crippen LogP contribution is 2.37. The minimum Gasteiger partial charge on any atom is -0.507 e. The Morgan fingerprint density at radius 2 is 2.11 bits per heavy atom. The molecule has 0 saturated carbocycles. The number of nitrogens with zero attached hydrogens (tertiary/aromatic N) is 2. The number of phenols is 1. The Hall–Kier alpha value is -1.52. The van der Waals surface area contributed by atoms with Crippen molar-refractivity contribution in [3.63, 3.8) is 0 Å². The second-order valence-corrected chi connectivity index (χ2v) is 4.79. The van der Waals surface area contributed by atoms with Crippen LogP contribution in [-0.2, 0) is 6.42 Å². The van der Waals surface area contributed by atoms with Gasteiger partial charge in [-0.1, -0.05) is 23.7 Å². The Morgan fingerprint density at radius 1 is 1.33 bits per heavy atom. The molecule has 2 N–H and O–H groups in total. The van der Waals surface area contributed by atoms with Crippen molar-refractivity contribution in [2.45, 2.75) is 25.5 Å². The zero-order valence-electron chi connectivity index (χ0n) is 9.67. The minimum absolute atomic E-state index is 0.139.